The summed E-state index contributed by atoms with van der Waals surface area (Å²) in [6, 6.07) is 3.90. The second-order valence-electron chi connectivity index (χ2n) is 3.87. The number of nitro benzene ring substituents is 1. The second-order valence-corrected chi connectivity index (χ2v) is 3.87. The van der Waals surface area contributed by atoms with Gasteiger partial charge < -0.3 is 9.94 Å². The van der Waals surface area contributed by atoms with Crippen LogP contribution in [0.15, 0.2) is 16.8 Å². The molecule has 0 spiro atoms. The molecule has 0 saturated carbocycles. The molecule has 1 aromatic carbocycles. The van der Waals surface area contributed by atoms with Gasteiger partial charge in [-0.3, -0.25) is 19.5 Å². The summed E-state index contributed by atoms with van der Waals surface area (Å²) in [7, 11) is 0. The van der Waals surface area contributed by atoms with Gasteiger partial charge in [-0.05, 0) is 17.9 Å². The number of fused-ring (bicyclic) bond motifs is 1. The van der Waals surface area contributed by atoms with Gasteiger partial charge >= 0.3 is 46.7 Å². The van der Waals surface area contributed by atoms with E-state index >= 15 is 0 Å². The maximum atomic E-state index is 11.7. The van der Waals surface area contributed by atoms with Crippen molar-refractivity contribution in [2.75, 3.05) is 6.61 Å². The van der Waals surface area contributed by atoms with Gasteiger partial charge in [-0.15, -0.1) is 0 Å². The molecule has 11 heteroatoms. The van der Waals surface area contributed by atoms with Gasteiger partial charge in [0, 0.05) is 16.8 Å². The number of benzene rings is 1. The van der Waals surface area contributed by atoms with Crippen LogP contribution in [0.2, 0.25) is 0 Å². The Morgan fingerprint density at radius 1 is 1.64 bits per heavy atom. The van der Waals surface area contributed by atoms with Gasteiger partial charge in [0.15, 0.2) is 5.92 Å². The maximum Gasteiger partial charge on any atom is 1.00 e. The molecule has 0 bridgehead atoms. The first-order chi connectivity index (χ1) is 10.0. The van der Waals surface area contributed by atoms with E-state index in [0.717, 1.165) is 6.07 Å². The van der Waals surface area contributed by atoms with Crippen molar-refractivity contribution < 1.29 is 53.5 Å². The molecule has 2 rings (SSSR count). The Morgan fingerprint density at radius 2 is 2.32 bits per heavy atom. The van der Waals surface area contributed by atoms with E-state index in [1.807, 2.05) is 0 Å². The number of rotatable bonds is 4. The third-order valence-corrected chi connectivity index (χ3v) is 2.71. The molecule has 1 atom stereocenters. The molecule has 2 aromatic rings. The standard InChI is InChI=1S/C11H8N4O6.Na/c1-2-20-11(16)7(5-12)6-3-4-8(14(17)18)10-9(6)13-21-15(10)19;/h3-4,7H,2H2,1H3;/q;+1. The van der Waals surface area contributed by atoms with Crippen molar-refractivity contribution in [3.63, 3.8) is 0 Å². The van der Waals surface area contributed by atoms with Crippen molar-refractivity contribution in [1.29, 1.82) is 5.26 Å². The normalized spacial score (nSPS) is 11.3. The number of carbonyl (C=O) groups excluding carboxylic acids is 1. The Bertz CT molecular complexity index is 768. The number of carbonyl (C=O) groups is 1. The number of nitrogens with zero attached hydrogens (tertiary/aromatic N) is 4. The van der Waals surface area contributed by atoms with Crippen molar-refractivity contribution in [3.8, 4) is 6.07 Å². The molecule has 0 saturated heterocycles. The van der Waals surface area contributed by atoms with Gasteiger partial charge in [0.25, 0.3) is 5.52 Å². The van der Waals surface area contributed by atoms with E-state index in [1.54, 1.807) is 13.0 Å². The molecule has 1 heterocycles. The van der Waals surface area contributed by atoms with Crippen LogP contribution in [0.5, 0.6) is 0 Å². The number of esters is 1. The molecular formula is C11H8N4NaO6+. The number of nitro groups is 1. The molecule has 0 amide bonds. The van der Waals surface area contributed by atoms with Crippen LogP contribution in [-0.4, -0.2) is 22.7 Å². The van der Waals surface area contributed by atoms with Crippen molar-refractivity contribution in [1.82, 2.24) is 5.16 Å². The Labute approximate surface area is 145 Å². The molecule has 0 radical (unpaired) electrons. The predicted octanol–water partition coefficient (Wildman–Crippen LogP) is -2.46. The first-order valence-electron chi connectivity index (χ1n) is 5.74. The van der Waals surface area contributed by atoms with Gasteiger partial charge in [0.1, 0.15) is 0 Å². The summed E-state index contributed by atoms with van der Waals surface area (Å²) in [5.74, 6) is -2.20. The van der Waals surface area contributed by atoms with Gasteiger partial charge in [-0.2, -0.15) is 5.26 Å². The van der Waals surface area contributed by atoms with Crippen LogP contribution in [0, 0.1) is 26.7 Å². The molecule has 0 aliphatic carbocycles. The van der Waals surface area contributed by atoms with Crippen molar-refractivity contribution in [2.45, 2.75) is 12.8 Å². The molecule has 1 unspecified atom stereocenters. The molecule has 1 aromatic heterocycles. The summed E-state index contributed by atoms with van der Waals surface area (Å²) >= 11 is 0. The average Bonchev–Trinajstić information content (AvgIpc) is 2.82. The molecular weight excluding hydrogens is 307 g/mol. The number of nitriles is 1. The van der Waals surface area contributed by atoms with Gasteiger partial charge in [-0.25, -0.2) is 0 Å². The number of hydrogen-bond acceptors (Lipinski definition) is 8. The van der Waals surface area contributed by atoms with Gasteiger partial charge in [0.05, 0.1) is 17.6 Å². The molecule has 22 heavy (non-hydrogen) atoms. The van der Waals surface area contributed by atoms with Crippen LogP contribution in [0.25, 0.3) is 11.0 Å². The van der Waals surface area contributed by atoms with E-state index in [-0.39, 0.29) is 52.1 Å². The van der Waals surface area contributed by atoms with E-state index in [1.165, 1.54) is 6.07 Å². The Morgan fingerprint density at radius 3 is 2.86 bits per heavy atom. The summed E-state index contributed by atoms with van der Waals surface area (Å²) in [5.41, 5.74) is -1.21. The minimum absolute atomic E-state index is 0. The quantitative estimate of drug-likeness (QED) is 0.198. The summed E-state index contributed by atoms with van der Waals surface area (Å²) in [6.07, 6.45) is 0. The third-order valence-electron chi connectivity index (χ3n) is 2.71. The summed E-state index contributed by atoms with van der Waals surface area (Å²) in [4.78, 5) is 21.7. The smallest absolute Gasteiger partial charge is 0.465 e. The van der Waals surface area contributed by atoms with Crippen molar-refractivity contribution in [3.05, 3.63) is 33.0 Å². The molecule has 108 valence electrons. The van der Waals surface area contributed by atoms with Crippen LogP contribution < -0.4 is 34.5 Å². The minimum Gasteiger partial charge on any atom is -0.465 e. The minimum atomic E-state index is -1.36. The fourth-order valence-electron chi connectivity index (χ4n) is 1.83. The third kappa shape index (κ3) is 3.01. The van der Waals surface area contributed by atoms with Crippen molar-refractivity contribution >= 4 is 22.7 Å². The van der Waals surface area contributed by atoms with E-state index in [9.17, 15) is 20.1 Å². The molecule has 0 N–H and O–H groups in total. The van der Waals surface area contributed by atoms with Crippen molar-refractivity contribution in [2.24, 2.45) is 0 Å². The topological polar surface area (TPSA) is 146 Å². The van der Waals surface area contributed by atoms with Crippen LogP contribution in [0.4, 0.5) is 5.69 Å². The molecule has 0 aliphatic rings. The summed E-state index contributed by atoms with van der Waals surface area (Å²) in [5, 5.41) is 34.8. The summed E-state index contributed by atoms with van der Waals surface area (Å²) in [6.45, 7) is 1.63. The van der Waals surface area contributed by atoms with E-state index in [4.69, 9.17) is 10.00 Å². The van der Waals surface area contributed by atoms with Crippen LogP contribution in [0.3, 0.4) is 0 Å². The molecule has 0 aliphatic heterocycles. The first kappa shape index (κ1) is 17.8. The second kappa shape index (κ2) is 7.17. The Balaban J connectivity index is 0.00000242. The average molecular weight is 315 g/mol. The largest absolute Gasteiger partial charge is 1.00 e. The SMILES string of the molecule is CCOC(=O)C(C#N)c1ccc([N+](=O)[O-])c2c1no[n+]2[O-].[Na+]. The summed E-state index contributed by atoms with van der Waals surface area (Å²) < 4.78 is 9.07. The Hall–Kier alpha value is -2.22. The van der Waals surface area contributed by atoms with E-state index in [2.05, 4.69) is 9.79 Å². The van der Waals surface area contributed by atoms with Crippen LogP contribution >= 0.6 is 0 Å². The van der Waals surface area contributed by atoms with Gasteiger partial charge in [0.2, 0.25) is 0 Å². The zero-order valence-electron chi connectivity index (χ0n) is 11.7. The fourth-order valence-corrected chi connectivity index (χ4v) is 1.83. The first-order valence-corrected chi connectivity index (χ1v) is 5.74. The van der Waals surface area contributed by atoms with Crippen LogP contribution in [0.1, 0.15) is 18.4 Å². The molecule has 0 fully saturated rings. The monoisotopic (exact) mass is 315 g/mol. The fraction of sp³-hybridized carbons (Fsp3) is 0.273. The number of hydrogen-bond donors (Lipinski definition) is 0. The predicted molar refractivity (Wildman–Crippen MR) is 64.6 cm³/mol. The van der Waals surface area contributed by atoms with Crippen LogP contribution in [-0.2, 0) is 9.53 Å². The van der Waals surface area contributed by atoms with Gasteiger partial charge in [-0.1, -0.05) is 0 Å². The zero-order chi connectivity index (χ0) is 15.6. The Kier molecular flexibility index (Phi) is 5.81. The van der Waals surface area contributed by atoms with E-state index in [0.29, 0.717) is 0 Å². The number of ether oxygens (including phenoxy) is 1. The maximum absolute atomic E-state index is 11.7. The number of aromatic nitrogens is 2. The molecule has 10 nitrogen and oxygen atoms in total. The number of non-ortho nitro benzene ring substituents is 1. The zero-order valence-corrected chi connectivity index (χ0v) is 13.7. The van der Waals surface area contributed by atoms with E-state index < -0.39 is 28.0 Å².